The molecule has 0 aliphatic carbocycles. The molecule has 2 unspecified atom stereocenters. The van der Waals surface area contributed by atoms with Crippen molar-refractivity contribution in [3.63, 3.8) is 0 Å². The number of rotatable bonds is 6. The zero-order valence-corrected chi connectivity index (χ0v) is 11.7. The lowest BCUT2D eigenvalue weighted by molar-refractivity contribution is -0.119. The molecule has 0 saturated carbocycles. The van der Waals surface area contributed by atoms with Crippen LogP contribution in [0.2, 0.25) is 0 Å². The van der Waals surface area contributed by atoms with E-state index >= 15 is 0 Å². The molecule has 0 spiro atoms. The van der Waals surface area contributed by atoms with Crippen molar-refractivity contribution in [2.24, 2.45) is 0 Å². The molecular formula is C13H17ClN2O4. The third kappa shape index (κ3) is 5.16. The number of nitrogens with one attached hydrogen (secondary N) is 2. The number of hydrogen-bond acceptors (Lipinski definition) is 4. The van der Waals surface area contributed by atoms with Crippen molar-refractivity contribution in [2.45, 2.75) is 19.1 Å². The minimum absolute atomic E-state index is 0.0404. The Morgan fingerprint density at radius 3 is 2.35 bits per heavy atom. The monoisotopic (exact) mass is 300 g/mol. The summed E-state index contributed by atoms with van der Waals surface area (Å²) in [6, 6.07) is 6.33. The summed E-state index contributed by atoms with van der Waals surface area (Å²) in [5, 5.41) is 24.6. The van der Waals surface area contributed by atoms with Crippen LogP contribution in [0.15, 0.2) is 24.3 Å². The lowest BCUT2D eigenvalue weighted by atomic mass is 10.0. The number of alkyl halides is 1. The molecule has 2 amide bonds. The van der Waals surface area contributed by atoms with E-state index in [0.29, 0.717) is 11.3 Å². The van der Waals surface area contributed by atoms with Gasteiger partial charge in [0.25, 0.3) is 0 Å². The highest BCUT2D eigenvalue weighted by Crippen LogP contribution is 2.19. The van der Waals surface area contributed by atoms with Crippen LogP contribution in [0.1, 0.15) is 18.6 Å². The van der Waals surface area contributed by atoms with Crippen molar-refractivity contribution in [1.29, 1.82) is 0 Å². The number of aliphatic hydroxyl groups excluding tert-OH is 2. The molecule has 1 rings (SSSR count). The number of amides is 2. The van der Waals surface area contributed by atoms with Crippen molar-refractivity contribution in [3.8, 4) is 0 Å². The van der Waals surface area contributed by atoms with E-state index in [4.69, 9.17) is 11.6 Å². The molecule has 1 aromatic rings. The molecule has 110 valence electrons. The normalized spacial score (nSPS) is 13.4. The van der Waals surface area contributed by atoms with Gasteiger partial charge in [0.1, 0.15) is 18.1 Å². The zero-order chi connectivity index (χ0) is 15.1. The van der Waals surface area contributed by atoms with E-state index in [2.05, 4.69) is 10.6 Å². The van der Waals surface area contributed by atoms with Crippen molar-refractivity contribution >= 4 is 29.1 Å². The predicted octanol–water partition coefficient (Wildman–Crippen LogP) is 0.394. The summed E-state index contributed by atoms with van der Waals surface area (Å²) in [6.45, 7) is 1.29. The van der Waals surface area contributed by atoms with Crippen molar-refractivity contribution in [3.05, 3.63) is 29.8 Å². The molecule has 1 aromatic carbocycles. The molecule has 0 bridgehead atoms. The molecular weight excluding hydrogens is 284 g/mol. The van der Waals surface area contributed by atoms with E-state index in [1.807, 2.05) is 0 Å². The lowest BCUT2D eigenvalue weighted by Gasteiger charge is -2.18. The predicted molar refractivity (Wildman–Crippen MR) is 75.4 cm³/mol. The highest BCUT2D eigenvalue weighted by atomic mass is 35.5. The van der Waals surface area contributed by atoms with Gasteiger partial charge in [-0.2, -0.15) is 0 Å². The summed E-state index contributed by atoms with van der Waals surface area (Å²) in [4.78, 5) is 21.8. The highest BCUT2D eigenvalue weighted by Gasteiger charge is 2.18. The minimum Gasteiger partial charge on any atom is -0.388 e. The number of anilines is 1. The molecule has 0 aromatic heterocycles. The zero-order valence-electron chi connectivity index (χ0n) is 11.0. The van der Waals surface area contributed by atoms with Crippen molar-refractivity contribution < 1.29 is 19.8 Å². The van der Waals surface area contributed by atoms with E-state index in [1.54, 1.807) is 24.3 Å². The molecule has 2 atom stereocenters. The van der Waals surface area contributed by atoms with E-state index < -0.39 is 12.2 Å². The quantitative estimate of drug-likeness (QED) is 0.571. The molecule has 0 saturated heterocycles. The molecule has 7 heteroatoms. The Hall–Kier alpha value is -1.63. The molecule has 6 nitrogen and oxygen atoms in total. The molecule has 0 aliphatic heterocycles. The smallest absolute Gasteiger partial charge is 0.239 e. The largest absolute Gasteiger partial charge is 0.388 e. The first-order valence-electron chi connectivity index (χ1n) is 6.00. The average molecular weight is 301 g/mol. The van der Waals surface area contributed by atoms with Gasteiger partial charge in [-0.15, -0.1) is 11.6 Å². The summed E-state index contributed by atoms with van der Waals surface area (Å²) in [5.41, 5.74) is 1.02. The van der Waals surface area contributed by atoms with Crippen LogP contribution in [-0.2, 0) is 9.59 Å². The van der Waals surface area contributed by atoms with Crippen LogP contribution in [0, 0.1) is 0 Å². The Balaban J connectivity index is 2.62. The van der Waals surface area contributed by atoms with Crippen LogP contribution in [0.5, 0.6) is 0 Å². The molecule has 20 heavy (non-hydrogen) atoms. The second-order valence-corrected chi connectivity index (χ2v) is 4.52. The van der Waals surface area contributed by atoms with Gasteiger partial charge in [-0.3, -0.25) is 9.59 Å². The van der Waals surface area contributed by atoms with E-state index in [-0.39, 0.29) is 24.2 Å². The highest BCUT2D eigenvalue weighted by molar-refractivity contribution is 6.29. The molecule has 4 N–H and O–H groups in total. The van der Waals surface area contributed by atoms with Crippen LogP contribution in [0.3, 0.4) is 0 Å². The SMILES string of the molecule is CC(=O)NCC(O)C(O)c1ccc(NC(=O)CCl)cc1. The van der Waals surface area contributed by atoms with Crippen LogP contribution in [-0.4, -0.2) is 40.6 Å². The summed E-state index contributed by atoms with van der Waals surface area (Å²) in [7, 11) is 0. The first-order valence-corrected chi connectivity index (χ1v) is 6.54. The van der Waals surface area contributed by atoms with E-state index in [0.717, 1.165) is 0 Å². The third-order valence-electron chi connectivity index (χ3n) is 2.58. The second kappa shape index (κ2) is 7.84. The lowest BCUT2D eigenvalue weighted by Crippen LogP contribution is -2.34. The first-order chi connectivity index (χ1) is 9.43. The maximum Gasteiger partial charge on any atom is 0.239 e. The standard InChI is InChI=1S/C13H17ClN2O4/c1-8(17)15-7-11(18)13(20)9-2-4-10(5-3-9)16-12(19)6-14/h2-5,11,13,18,20H,6-7H2,1H3,(H,15,17)(H,16,19). The fourth-order valence-corrected chi connectivity index (χ4v) is 1.61. The fraction of sp³-hybridized carbons (Fsp3) is 0.385. The molecule has 0 radical (unpaired) electrons. The van der Waals surface area contributed by atoms with Crippen molar-refractivity contribution in [2.75, 3.05) is 17.7 Å². The van der Waals surface area contributed by atoms with Gasteiger partial charge in [0.2, 0.25) is 11.8 Å². The average Bonchev–Trinajstić information content (AvgIpc) is 2.44. The van der Waals surface area contributed by atoms with Gasteiger partial charge in [-0.25, -0.2) is 0 Å². The van der Waals surface area contributed by atoms with Crippen LogP contribution in [0.25, 0.3) is 0 Å². The second-order valence-electron chi connectivity index (χ2n) is 4.25. The Morgan fingerprint density at radius 2 is 1.85 bits per heavy atom. The number of carbonyl (C=O) groups excluding carboxylic acids is 2. The van der Waals surface area contributed by atoms with E-state index in [1.165, 1.54) is 6.92 Å². The minimum atomic E-state index is -1.13. The Labute approximate surface area is 121 Å². The van der Waals surface area contributed by atoms with Gasteiger partial charge < -0.3 is 20.8 Å². The van der Waals surface area contributed by atoms with E-state index in [9.17, 15) is 19.8 Å². The maximum absolute atomic E-state index is 11.1. The van der Waals surface area contributed by atoms with Gasteiger partial charge in [0.05, 0.1) is 0 Å². The summed E-state index contributed by atoms with van der Waals surface area (Å²) < 4.78 is 0. The van der Waals surface area contributed by atoms with Crippen molar-refractivity contribution in [1.82, 2.24) is 5.32 Å². The Kier molecular flexibility index (Phi) is 6.44. The number of hydrogen-bond donors (Lipinski definition) is 4. The molecule has 0 fully saturated rings. The Morgan fingerprint density at radius 1 is 1.25 bits per heavy atom. The summed E-state index contributed by atoms with van der Waals surface area (Å²) in [5.74, 6) is -0.749. The maximum atomic E-state index is 11.1. The van der Waals surface area contributed by atoms with Gasteiger partial charge in [0.15, 0.2) is 0 Å². The molecule has 0 aliphatic rings. The van der Waals surface area contributed by atoms with Gasteiger partial charge >= 0.3 is 0 Å². The van der Waals surface area contributed by atoms with Gasteiger partial charge in [0, 0.05) is 19.2 Å². The number of aliphatic hydroxyl groups is 2. The topological polar surface area (TPSA) is 98.7 Å². The van der Waals surface area contributed by atoms with Crippen LogP contribution >= 0.6 is 11.6 Å². The van der Waals surface area contributed by atoms with Crippen LogP contribution in [0.4, 0.5) is 5.69 Å². The van der Waals surface area contributed by atoms with Gasteiger partial charge in [-0.05, 0) is 17.7 Å². The first kappa shape index (κ1) is 16.4. The molecule has 0 heterocycles. The van der Waals surface area contributed by atoms with Gasteiger partial charge in [-0.1, -0.05) is 12.1 Å². The Bertz CT molecular complexity index is 464. The van der Waals surface area contributed by atoms with Crippen LogP contribution < -0.4 is 10.6 Å². The summed E-state index contributed by atoms with van der Waals surface area (Å²) >= 11 is 5.37. The number of halogens is 1. The summed E-state index contributed by atoms with van der Waals surface area (Å²) in [6.07, 6.45) is -2.23. The fourth-order valence-electron chi connectivity index (χ4n) is 1.54. The number of benzene rings is 1. The third-order valence-corrected chi connectivity index (χ3v) is 2.82. The number of carbonyl (C=O) groups is 2.